The highest BCUT2D eigenvalue weighted by Crippen LogP contribution is 2.14. The van der Waals surface area contributed by atoms with Gasteiger partial charge in [0.1, 0.15) is 6.04 Å². The van der Waals surface area contributed by atoms with Gasteiger partial charge in [-0.3, -0.25) is 4.79 Å². The Morgan fingerprint density at radius 2 is 2.17 bits per heavy atom. The minimum atomic E-state index is -1.26. The number of carboxylic acid groups (broad SMARTS) is 1. The van der Waals surface area contributed by atoms with Crippen molar-refractivity contribution in [2.75, 3.05) is 26.4 Å². The molecule has 0 bridgehead atoms. The zero-order chi connectivity index (χ0) is 13.5. The van der Waals surface area contributed by atoms with Crippen molar-refractivity contribution < 1.29 is 24.5 Å². The summed E-state index contributed by atoms with van der Waals surface area (Å²) in [6.45, 7) is 2.88. The second-order valence-electron chi connectivity index (χ2n) is 4.29. The molecule has 1 amide bonds. The van der Waals surface area contributed by atoms with Crippen LogP contribution in [-0.2, 0) is 14.3 Å². The van der Waals surface area contributed by atoms with Gasteiger partial charge in [0.15, 0.2) is 0 Å². The first-order chi connectivity index (χ1) is 8.60. The Hall–Kier alpha value is -1.18. The third kappa shape index (κ3) is 3.94. The SMILES string of the molecule is CCCNC1COCC1C(=O)N[C@@H](CO)C(=O)O. The van der Waals surface area contributed by atoms with Crippen molar-refractivity contribution in [2.24, 2.45) is 5.92 Å². The second-order valence-corrected chi connectivity index (χ2v) is 4.29. The van der Waals surface area contributed by atoms with Gasteiger partial charge in [0.25, 0.3) is 0 Å². The summed E-state index contributed by atoms with van der Waals surface area (Å²) < 4.78 is 5.23. The zero-order valence-electron chi connectivity index (χ0n) is 10.4. The first-order valence-corrected chi connectivity index (χ1v) is 6.05. The van der Waals surface area contributed by atoms with Crippen LogP contribution in [0.4, 0.5) is 0 Å². The van der Waals surface area contributed by atoms with Crippen LogP contribution in [0.3, 0.4) is 0 Å². The number of carbonyl (C=O) groups excluding carboxylic acids is 1. The summed E-state index contributed by atoms with van der Waals surface area (Å²) in [6, 6.07) is -1.36. The minimum Gasteiger partial charge on any atom is -0.480 e. The van der Waals surface area contributed by atoms with E-state index >= 15 is 0 Å². The van der Waals surface area contributed by atoms with Gasteiger partial charge in [-0.25, -0.2) is 4.79 Å². The molecule has 3 atom stereocenters. The van der Waals surface area contributed by atoms with Gasteiger partial charge in [0.2, 0.25) is 5.91 Å². The summed E-state index contributed by atoms with van der Waals surface area (Å²) >= 11 is 0. The average molecular weight is 260 g/mol. The van der Waals surface area contributed by atoms with Gasteiger partial charge in [-0.05, 0) is 13.0 Å². The van der Waals surface area contributed by atoms with Crippen LogP contribution in [0.25, 0.3) is 0 Å². The maximum Gasteiger partial charge on any atom is 0.328 e. The molecule has 0 aromatic rings. The summed E-state index contributed by atoms with van der Waals surface area (Å²) in [4.78, 5) is 22.6. The predicted molar refractivity (Wildman–Crippen MR) is 63.0 cm³/mol. The lowest BCUT2D eigenvalue weighted by Gasteiger charge is -2.20. The van der Waals surface area contributed by atoms with Crippen molar-refractivity contribution in [3.05, 3.63) is 0 Å². The van der Waals surface area contributed by atoms with E-state index < -0.39 is 30.4 Å². The van der Waals surface area contributed by atoms with E-state index in [4.69, 9.17) is 14.9 Å². The third-order valence-electron chi connectivity index (χ3n) is 2.87. The van der Waals surface area contributed by atoms with Crippen LogP contribution in [0.1, 0.15) is 13.3 Å². The molecular formula is C11H20N2O5. The van der Waals surface area contributed by atoms with Crippen LogP contribution in [0, 0.1) is 5.92 Å². The van der Waals surface area contributed by atoms with E-state index in [0.717, 1.165) is 13.0 Å². The van der Waals surface area contributed by atoms with Gasteiger partial charge in [-0.15, -0.1) is 0 Å². The van der Waals surface area contributed by atoms with Gasteiger partial charge in [0.05, 0.1) is 25.7 Å². The molecule has 1 heterocycles. The fourth-order valence-electron chi connectivity index (χ4n) is 1.81. The molecule has 1 fully saturated rings. The van der Waals surface area contributed by atoms with E-state index in [1.165, 1.54) is 0 Å². The summed E-state index contributed by atoms with van der Waals surface area (Å²) in [5, 5.41) is 23.1. The van der Waals surface area contributed by atoms with E-state index in [-0.39, 0.29) is 12.6 Å². The highest BCUT2D eigenvalue weighted by molar-refractivity contribution is 5.85. The monoisotopic (exact) mass is 260 g/mol. The average Bonchev–Trinajstić information content (AvgIpc) is 2.80. The number of carbonyl (C=O) groups is 2. The topological polar surface area (TPSA) is 108 Å². The van der Waals surface area contributed by atoms with Gasteiger partial charge in [-0.1, -0.05) is 6.92 Å². The number of aliphatic hydroxyl groups is 1. The maximum atomic E-state index is 11.9. The Kier molecular flexibility index (Phi) is 6.03. The normalized spacial score (nSPS) is 24.8. The molecule has 1 rings (SSSR count). The first kappa shape index (κ1) is 14.9. The van der Waals surface area contributed by atoms with Crippen LogP contribution in [0.15, 0.2) is 0 Å². The molecule has 2 unspecified atom stereocenters. The van der Waals surface area contributed by atoms with Crippen molar-refractivity contribution in [1.82, 2.24) is 10.6 Å². The Morgan fingerprint density at radius 1 is 1.44 bits per heavy atom. The number of hydrogen-bond donors (Lipinski definition) is 4. The van der Waals surface area contributed by atoms with Crippen molar-refractivity contribution in [2.45, 2.75) is 25.4 Å². The molecule has 0 aromatic carbocycles. The first-order valence-electron chi connectivity index (χ1n) is 6.05. The van der Waals surface area contributed by atoms with Crippen molar-refractivity contribution >= 4 is 11.9 Å². The standard InChI is InChI=1S/C11H20N2O5/c1-2-3-12-9-6-18-5-7(9)10(15)13-8(4-14)11(16)17/h7-9,12,14H,2-6H2,1H3,(H,13,15)(H,16,17)/t7?,8-,9?/m0/s1. The van der Waals surface area contributed by atoms with E-state index in [0.29, 0.717) is 6.61 Å². The molecule has 104 valence electrons. The highest BCUT2D eigenvalue weighted by atomic mass is 16.5. The Morgan fingerprint density at radius 3 is 2.72 bits per heavy atom. The summed E-state index contributed by atoms with van der Waals surface area (Å²) in [6.07, 6.45) is 0.944. The lowest BCUT2D eigenvalue weighted by atomic mass is 10.0. The fraction of sp³-hybridized carbons (Fsp3) is 0.818. The van der Waals surface area contributed by atoms with Crippen LogP contribution in [0.5, 0.6) is 0 Å². The molecule has 1 saturated heterocycles. The number of aliphatic carboxylic acids is 1. The van der Waals surface area contributed by atoms with E-state index in [1.54, 1.807) is 0 Å². The molecule has 1 aliphatic rings. The molecule has 0 saturated carbocycles. The maximum absolute atomic E-state index is 11.9. The van der Waals surface area contributed by atoms with Crippen LogP contribution < -0.4 is 10.6 Å². The Labute approximate surface area is 106 Å². The molecule has 7 heteroatoms. The van der Waals surface area contributed by atoms with E-state index in [9.17, 15) is 9.59 Å². The van der Waals surface area contributed by atoms with Gasteiger partial charge >= 0.3 is 5.97 Å². The number of carboxylic acids is 1. The van der Waals surface area contributed by atoms with Crippen molar-refractivity contribution in [3.63, 3.8) is 0 Å². The lowest BCUT2D eigenvalue weighted by Crippen LogP contribution is -2.50. The number of amides is 1. The molecule has 18 heavy (non-hydrogen) atoms. The summed E-state index contributed by atoms with van der Waals surface area (Å²) in [7, 11) is 0. The van der Waals surface area contributed by atoms with E-state index in [2.05, 4.69) is 10.6 Å². The molecule has 0 radical (unpaired) electrons. The number of aliphatic hydroxyl groups excluding tert-OH is 1. The second kappa shape index (κ2) is 7.30. The quantitative estimate of drug-likeness (QED) is 0.446. The summed E-state index contributed by atoms with van der Waals surface area (Å²) in [5.41, 5.74) is 0. The minimum absolute atomic E-state index is 0.0990. The van der Waals surface area contributed by atoms with E-state index in [1.807, 2.05) is 6.92 Å². The van der Waals surface area contributed by atoms with Crippen LogP contribution in [0.2, 0.25) is 0 Å². The molecular weight excluding hydrogens is 240 g/mol. The van der Waals surface area contributed by atoms with Crippen molar-refractivity contribution in [3.8, 4) is 0 Å². The van der Waals surface area contributed by atoms with Crippen molar-refractivity contribution in [1.29, 1.82) is 0 Å². The highest BCUT2D eigenvalue weighted by Gasteiger charge is 2.35. The number of ether oxygens (including phenoxy) is 1. The third-order valence-corrected chi connectivity index (χ3v) is 2.87. The number of nitrogens with one attached hydrogen (secondary N) is 2. The van der Waals surface area contributed by atoms with Gasteiger partial charge in [-0.2, -0.15) is 0 Å². The molecule has 4 N–H and O–H groups in total. The lowest BCUT2D eigenvalue weighted by molar-refractivity contribution is -0.143. The molecule has 1 aliphatic heterocycles. The van der Waals surface area contributed by atoms with Gasteiger partial charge in [0, 0.05) is 6.04 Å². The Balaban J connectivity index is 2.51. The fourth-order valence-corrected chi connectivity index (χ4v) is 1.81. The molecule has 0 aromatic heterocycles. The van der Waals surface area contributed by atoms with Crippen LogP contribution >= 0.6 is 0 Å². The molecule has 7 nitrogen and oxygen atoms in total. The number of hydrogen-bond acceptors (Lipinski definition) is 5. The molecule has 0 spiro atoms. The largest absolute Gasteiger partial charge is 0.480 e. The number of rotatable bonds is 7. The smallest absolute Gasteiger partial charge is 0.328 e. The summed E-state index contributed by atoms with van der Waals surface area (Å²) in [5.74, 6) is -2.06. The molecule has 0 aliphatic carbocycles. The van der Waals surface area contributed by atoms with Gasteiger partial charge < -0.3 is 25.6 Å². The zero-order valence-corrected chi connectivity index (χ0v) is 10.4. The van der Waals surface area contributed by atoms with Crippen LogP contribution in [-0.4, -0.2) is 60.5 Å². The predicted octanol–water partition coefficient (Wildman–Crippen LogP) is -1.44. The Bertz CT molecular complexity index is 297.